The Bertz CT molecular complexity index is 851. The van der Waals surface area contributed by atoms with Crippen LogP contribution < -0.4 is 11.1 Å². The first-order valence-corrected chi connectivity index (χ1v) is 9.24. The fourth-order valence-electron chi connectivity index (χ4n) is 3.34. The molecule has 1 aliphatic heterocycles. The largest absolute Gasteiger partial charge is 0.375 e. The second-order valence-electron chi connectivity index (χ2n) is 6.32. The number of aryl methyl sites for hydroxylation is 1. The first-order valence-electron chi connectivity index (χ1n) is 8.43. The number of nitrogens with two attached hydrogens (primary N) is 1. The highest BCUT2D eigenvalue weighted by atomic mass is 32.1. The van der Waals surface area contributed by atoms with E-state index in [0.717, 1.165) is 36.5 Å². The molecule has 4 rings (SSSR count). The van der Waals surface area contributed by atoms with E-state index in [1.54, 1.807) is 11.3 Å². The number of anilines is 2. The topological polar surface area (TPSA) is 50.9 Å². The molecule has 0 bridgehead atoms. The maximum atomic E-state index is 5.79. The number of hydrogen-bond acceptors (Lipinski definition) is 4. The van der Waals surface area contributed by atoms with E-state index in [2.05, 4.69) is 64.9 Å². The zero-order valence-corrected chi connectivity index (χ0v) is 14.4. The minimum Gasteiger partial charge on any atom is -0.375 e. The molecule has 3 nitrogen and oxygen atoms in total. The molecule has 1 unspecified atom stereocenters. The van der Waals surface area contributed by atoms with Crippen LogP contribution in [-0.4, -0.2) is 11.5 Å². The third-order valence-electron chi connectivity index (χ3n) is 4.64. The number of nitrogens with zero attached hydrogens (tertiary/aromatic N) is 1. The first kappa shape index (κ1) is 15.2. The van der Waals surface area contributed by atoms with Crippen LogP contribution in [0.25, 0.3) is 16.8 Å². The Morgan fingerprint density at radius 3 is 3.04 bits per heavy atom. The average Bonchev–Trinajstić information content (AvgIpc) is 2.86. The molecule has 1 aliphatic rings. The summed E-state index contributed by atoms with van der Waals surface area (Å²) in [6.45, 7) is 0.995. The van der Waals surface area contributed by atoms with E-state index in [1.165, 1.54) is 16.3 Å². The van der Waals surface area contributed by atoms with Crippen molar-refractivity contribution in [3.05, 3.63) is 59.8 Å². The Kier molecular flexibility index (Phi) is 4.22. The second-order valence-corrected chi connectivity index (χ2v) is 7.35. The Labute approximate surface area is 146 Å². The zero-order chi connectivity index (χ0) is 16.4. The summed E-state index contributed by atoms with van der Waals surface area (Å²) in [7, 11) is 0. The van der Waals surface area contributed by atoms with Crippen molar-refractivity contribution in [1.82, 2.24) is 4.98 Å². The lowest BCUT2D eigenvalue weighted by molar-refractivity contribution is 0.525. The van der Waals surface area contributed by atoms with Gasteiger partial charge in [-0.25, -0.2) is 4.98 Å². The molecule has 3 N–H and O–H groups in total. The van der Waals surface area contributed by atoms with E-state index in [-0.39, 0.29) is 0 Å². The van der Waals surface area contributed by atoms with Crippen LogP contribution in [-0.2, 0) is 6.42 Å². The van der Waals surface area contributed by atoms with Gasteiger partial charge in [0.05, 0.1) is 5.69 Å². The molecule has 122 valence electrons. The van der Waals surface area contributed by atoms with Gasteiger partial charge in [0, 0.05) is 6.54 Å². The molecule has 2 aromatic carbocycles. The van der Waals surface area contributed by atoms with E-state index in [1.807, 2.05) is 0 Å². The van der Waals surface area contributed by atoms with Crippen molar-refractivity contribution < 1.29 is 0 Å². The summed E-state index contributed by atoms with van der Waals surface area (Å²) < 4.78 is 0. The summed E-state index contributed by atoms with van der Waals surface area (Å²) in [5.74, 6) is 0.638. The molecular weight excluding hydrogens is 314 g/mol. The predicted octanol–water partition coefficient (Wildman–Crippen LogP) is 4.96. The number of fused-ring (bicyclic) bond motifs is 2. The Hall–Kier alpha value is -2.33. The molecule has 0 spiro atoms. The molecule has 0 fully saturated rings. The number of allylic oxidation sites excluding steroid dienone is 1. The van der Waals surface area contributed by atoms with E-state index < -0.39 is 0 Å². The third kappa shape index (κ3) is 3.15. The first-order chi connectivity index (χ1) is 11.8. The molecule has 3 aromatic rings. The Morgan fingerprint density at radius 1 is 1.21 bits per heavy atom. The fourth-order valence-corrected chi connectivity index (χ4v) is 4.13. The van der Waals surface area contributed by atoms with Crippen LogP contribution >= 0.6 is 11.3 Å². The molecule has 0 saturated heterocycles. The number of aromatic nitrogens is 1. The van der Waals surface area contributed by atoms with Crippen LogP contribution in [0.5, 0.6) is 0 Å². The summed E-state index contributed by atoms with van der Waals surface area (Å²) in [5.41, 5.74) is 8.22. The van der Waals surface area contributed by atoms with Gasteiger partial charge in [0.25, 0.3) is 0 Å². The smallest absolute Gasteiger partial charge is 0.182 e. The average molecular weight is 335 g/mol. The van der Waals surface area contributed by atoms with Crippen molar-refractivity contribution in [3.8, 4) is 0 Å². The number of nitrogen functional groups attached to an aromatic ring is 1. The highest BCUT2D eigenvalue weighted by molar-refractivity contribution is 7.19. The molecule has 1 atom stereocenters. The van der Waals surface area contributed by atoms with Gasteiger partial charge in [-0.3, -0.25) is 0 Å². The van der Waals surface area contributed by atoms with Gasteiger partial charge in [-0.1, -0.05) is 66.0 Å². The lowest BCUT2D eigenvalue weighted by atomic mass is 9.98. The summed E-state index contributed by atoms with van der Waals surface area (Å²) in [4.78, 5) is 4.42. The van der Waals surface area contributed by atoms with E-state index in [0.29, 0.717) is 11.0 Å². The number of rotatable bonds is 3. The van der Waals surface area contributed by atoms with Crippen molar-refractivity contribution >= 4 is 38.3 Å². The minimum absolute atomic E-state index is 0.638. The number of benzene rings is 2. The maximum Gasteiger partial charge on any atom is 0.182 e. The summed E-state index contributed by atoms with van der Waals surface area (Å²) in [6.07, 6.45) is 7.83. The Morgan fingerprint density at radius 2 is 2.08 bits per heavy atom. The van der Waals surface area contributed by atoms with Crippen molar-refractivity contribution in [3.63, 3.8) is 0 Å². The maximum absolute atomic E-state index is 5.79. The highest BCUT2D eigenvalue weighted by Gasteiger charge is 2.18. The van der Waals surface area contributed by atoms with Crippen LogP contribution in [0.1, 0.15) is 24.1 Å². The van der Waals surface area contributed by atoms with E-state index in [9.17, 15) is 0 Å². The number of thiazole rings is 1. The van der Waals surface area contributed by atoms with Gasteiger partial charge < -0.3 is 11.1 Å². The van der Waals surface area contributed by atoms with Crippen LogP contribution in [0.15, 0.2) is 48.5 Å². The van der Waals surface area contributed by atoms with Crippen LogP contribution in [0.2, 0.25) is 0 Å². The molecule has 0 aliphatic carbocycles. The quantitative estimate of drug-likeness (QED) is 0.711. The molecular formula is C20H21N3S. The van der Waals surface area contributed by atoms with Gasteiger partial charge in [-0.2, -0.15) is 0 Å². The SMILES string of the molecule is Nc1nc2c(s1)NCC(CC=Cc1cccc3ccccc13)CC2. The van der Waals surface area contributed by atoms with Gasteiger partial charge in [-0.15, -0.1) is 0 Å². The number of hydrogen-bond donors (Lipinski definition) is 2. The standard InChI is InChI=1S/C20H21N3S/c21-20-23-18-12-11-14(13-22-19(18)24-20)5-3-7-16-9-4-8-15-6-1-2-10-17(15)16/h1-4,6-10,14,22H,5,11-13H2,(H2,21,23). The predicted molar refractivity (Wildman–Crippen MR) is 104 cm³/mol. The third-order valence-corrected chi connectivity index (χ3v) is 5.53. The van der Waals surface area contributed by atoms with Crippen LogP contribution in [0.4, 0.5) is 10.1 Å². The molecule has 0 radical (unpaired) electrons. The monoisotopic (exact) mass is 335 g/mol. The molecule has 0 saturated carbocycles. The Balaban J connectivity index is 1.43. The van der Waals surface area contributed by atoms with E-state index in [4.69, 9.17) is 5.73 Å². The van der Waals surface area contributed by atoms with E-state index >= 15 is 0 Å². The minimum atomic E-state index is 0.638. The molecule has 1 aromatic heterocycles. The second kappa shape index (κ2) is 6.65. The lowest BCUT2D eigenvalue weighted by Crippen LogP contribution is -2.11. The van der Waals surface area contributed by atoms with Gasteiger partial charge in [0.15, 0.2) is 5.13 Å². The van der Waals surface area contributed by atoms with Crippen LogP contribution in [0.3, 0.4) is 0 Å². The number of nitrogens with one attached hydrogen (secondary N) is 1. The normalized spacial score (nSPS) is 17.6. The zero-order valence-electron chi connectivity index (χ0n) is 13.5. The summed E-state index contributed by atoms with van der Waals surface area (Å²) >= 11 is 1.57. The van der Waals surface area contributed by atoms with Crippen molar-refractivity contribution in [2.24, 2.45) is 5.92 Å². The summed E-state index contributed by atoms with van der Waals surface area (Å²) in [6, 6.07) is 15.0. The van der Waals surface area contributed by atoms with Gasteiger partial charge in [0.1, 0.15) is 5.00 Å². The fraction of sp³-hybridized carbons (Fsp3) is 0.250. The highest BCUT2D eigenvalue weighted by Crippen LogP contribution is 2.31. The van der Waals surface area contributed by atoms with Crippen molar-refractivity contribution in [1.29, 1.82) is 0 Å². The van der Waals surface area contributed by atoms with Crippen molar-refractivity contribution in [2.75, 3.05) is 17.6 Å². The van der Waals surface area contributed by atoms with Crippen LogP contribution in [0, 0.1) is 5.92 Å². The summed E-state index contributed by atoms with van der Waals surface area (Å²) in [5, 5.41) is 7.96. The van der Waals surface area contributed by atoms with Gasteiger partial charge in [-0.05, 0) is 41.5 Å². The van der Waals surface area contributed by atoms with Crippen molar-refractivity contribution in [2.45, 2.75) is 19.3 Å². The lowest BCUT2D eigenvalue weighted by Gasteiger charge is -2.11. The molecule has 24 heavy (non-hydrogen) atoms. The molecule has 4 heteroatoms. The van der Waals surface area contributed by atoms with Gasteiger partial charge >= 0.3 is 0 Å². The van der Waals surface area contributed by atoms with Gasteiger partial charge in [0.2, 0.25) is 0 Å². The molecule has 2 heterocycles. The molecule has 0 amide bonds.